The number of non-ortho nitro benzene ring substituents is 1. The largest absolute Gasteiger partial charge is 0.456 e. The predicted molar refractivity (Wildman–Crippen MR) is 74.3 cm³/mol. The Labute approximate surface area is 120 Å². The Bertz CT molecular complexity index is 728. The maximum atomic E-state index is 13.2. The Morgan fingerprint density at radius 2 is 1.86 bits per heavy atom. The van der Waals surface area contributed by atoms with Crippen molar-refractivity contribution in [2.75, 3.05) is 0 Å². The van der Waals surface area contributed by atoms with Gasteiger partial charge < -0.3 is 4.74 Å². The second kappa shape index (κ2) is 5.70. The summed E-state index contributed by atoms with van der Waals surface area (Å²) in [4.78, 5) is 21.7. The van der Waals surface area contributed by atoms with Gasteiger partial charge in [-0.15, -0.1) is 0 Å². The van der Waals surface area contributed by atoms with Gasteiger partial charge in [0.1, 0.15) is 17.3 Å². The Morgan fingerprint density at radius 3 is 2.43 bits per heavy atom. The minimum absolute atomic E-state index is 0.0502. The first-order valence-corrected chi connectivity index (χ1v) is 6.12. The van der Waals surface area contributed by atoms with Crippen LogP contribution in [-0.2, 0) is 0 Å². The number of halogens is 1. The molecule has 0 bridgehead atoms. The van der Waals surface area contributed by atoms with Gasteiger partial charge in [-0.05, 0) is 43.7 Å². The molecule has 0 atom stereocenters. The zero-order valence-corrected chi connectivity index (χ0v) is 11.4. The van der Waals surface area contributed by atoms with Crippen LogP contribution in [0.1, 0.15) is 22.8 Å². The monoisotopic (exact) mass is 289 g/mol. The number of benzene rings is 2. The van der Waals surface area contributed by atoms with Gasteiger partial charge in [0.2, 0.25) is 0 Å². The number of carbonyl (C=O) groups is 1. The minimum atomic E-state index is -0.534. The van der Waals surface area contributed by atoms with Crippen LogP contribution in [0.3, 0.4) is 0 Å². The van der Waals surface area contributed by atoms with Gasteiger partial charge in [-0.2, -0.15) is 0 Å². The number of carbonyl (C=O) groups excluding carboxylic acids is 1. The van der Waals surface area contributed by atoms with E-state index in [-0.39, 0.29) is 22.8 Å². The molecule has 0 N–H and O–H groups in total. The summed E-state index contributed by atoms with van der Waals surface area (Å²) >= 11 is 0. The van der Waals surface area contributed by atoms with E-state index in [0.29, 0.717) is 11.3 Å². The molecule has 108 valence electrons. The van der Waals surface area contributed by atoms with Crippen LogP contribution in [-0.4, -0.2) is 10.7 Å². The number of ketones is 1. The summed E-state index contributed by atoms with van der Waals surface area (Å²) in [6, 6.07) is 7.75. The number of Topliss-reactive ketones (excluding diaryl/α,β-unsaturated/α-hetero) is 1. The average molecular weight is 289 g/mol. The minimum Gasteiger partial charge on any atom is -0.456 e. The molecule has 0 saturated carbocycles. The fourth-order valence-electron chi connectivity index (χ4n) is 1.85. The Hall–Kier alpha value is -2.76. The molecule has 0 aromatic heterocycles. The van der Waals surface area contributed by atoms with Crippen LogP contribution in [0.4, 0.5) is 10.1 Å². The molecule has 0 heterocycles. The van der Waals surface area contributed by atoms with Crippen molar-refractivity contribution in [2.45, 2.75) is 13.8 Å². The van der Waals surface area contributed by atoms with E-state index < -0.39 is 10.7 Å². The molecule has 5 nitrogen and oxygen atoms in total. The Morgan fingerprint density at radius 1 is 1.19 bits per heavy atom. The third-order valence-corrected chi connectivity index (χ3v) is 2.91. The molecule has 0 unspecified atom stereocenters. The van der Waals surface area contributed by atoms with Crippen LogP contribution < -0.4 is 4.74 Å². The molecular formula is C15H12FNO4. The topological polar surface area (TPSA) is 69.4 Å². The fraction of sp³-hybridized carbons (Fsp3) is 0.133. The molecular weight excluding hydrogens is 277 g/mol. The van der Waals surface area contributed by atoms with Gasteiger partial charge in [-0.3, -0.25) is 14.9 Å². The molecule has 2 aromatic rings. The molecule has 0 radical (unpaired) electrons. The van der Waals surface area contributed by atoms with Crippen LogP contribution in [0.5, 0.6) is 11.5 Å². The highest BCUT2D eigenvalue weighted by molar-refractivity contribution is 5.96. The van der Waals surface area contributed by atoms with Crippen molar-refractivity contribution in [2.24, 2.45) is 0 Å². The number of hydrogen-bond donors (Lipinski definition) is 0. The van der Waals surface area contributed by atoms with Gasteiger partial charge in [0.05, 0.1) is 10.5 Å². The van der Waals surface area contributed by atoms with Crippen molar-refractivity contribution < 1.29 is 18.8 Å². The van der Waals surface area contributed by atoms with Crippen molar-refractivity contribution >= 4 is 11.5 Å². The number of rotatable bonds is 4. The van der Waals surface area contributed by atoms with E-state index in [2.05, 4.69) is 0 Å². The van der Waals surface area contributed by atoms with Crippen LogP contribution in [0.25, 0.3) is 0 Å². The molecule has 21 heavy (non-hydrogen) atoms. The second-order valence-corrected chi connectivity index (χ2v) is 4.51. The number of nitro groups is 1. The SMILES string of the molecule is CC(=O)c1cc(F)ccc1Oc1ccc([N+](=O)[O-])cc1C. The first-order chi connectivity index (χ1) is 9.88. The molecule has 0 amide bonds. The molecule has 2 rings (SSSR count). The highest BCUT2D eigenvalue weighted by Crippen LogP contribution is 2.30. The molecule has 0 aliphatic rings. The summed E-state index contributed by atoms with van der Waals surface area (Å²) in [5.74, 6) is -0.285. The van der Waals surface area contributed by atoms with Crippen molar-refractivity contribution in [1.82, 2.24) is 0 Å². The normalized spacial score (nSPS) is 10.2. The van der Waals surface area contributed by atoms with Crippen LogP contribution in [0.2, 0.25) is 0 Å². The van der Waals surface area contributed by atoms with E-state index in [4.69, 9.17) is 4.74 Å². The zero-order chi connectivity index (χ0) is 15.6. The summed E-state index contributed by atoms with van der Waals surface area (Å²) in [7, 11) is 0. The molecule has 0 aliphatic carbocycles. The zero-order valence-electron chi connectivity index (χ0n) is 11.4. The molecule has 6 heteroatoms. The summed E-state index contributed by atoms with van der Waals surface area (Å²) < 4.78 is 18.8. The van der Waals surface area contributed by atoms with E-state index in [1.807, 2.05) is 0 Å². The van der Waals surface area contributed by atoms with E-state index in [0.717, 1.165) is 6.07 Å². The molecule has 0 fully saturated rings. The summed E-state index contributed by atoms with van der Waals surface area (Å²) in [6.07, 6.45) is 0. The molecule has 0 aliphatic heterocycles. The van der Waals surface area contributed by atoms with E-state index in [1.54, 1.807) is 6.92 Å². The van der Waals surface area contributed by atoms with E-state index in [9.17, 15) is 19.3 Å². The summed E-state index contributed by atoms with van der Waals surface area (Å²) in [5.41, 5.74) is 0.613. The molecule has 0 spiro atoms. The van der Waals surface area contributed by atoms with Gasteiger partial charge >= 0.3 is 0 Å². The number of nitrogens with zero attached hydrogens (tertiary/aromatic N) is 1. The van der Waals surface area contributed by atoms with Crippen molar-refractivity contribution in [3.63, 3.8) is 0 Å². The van der Waals surface area contributed by atoms with Crippen LogP contribution >= 0.6 is 0 Å². The van der Waals surface area contributed by atoms with Gasteiger partial charge in [0.15, 0.2) is 5.78 Å². The second-order valence-electron chi connectivity index (χ2n) is 4.51. The summed E-state index contributed by atoms with van der Waals surface area (Å²) in [5, 5.41) is 10.7. The summed E-state index contributed by atoms with van der Waals surface area (Å²) in [6.45, 7) is 2.96. The van der Waals surface area contributed by atoms with Crippen LogP contribution in [0, 0.1) is 22.9 Å². The third kappa shape index (κ3) is 3.22. The lowest BCUT2D eigenvalue weighted by molar-refractivity contribution is -0.384. The Balaban J connectivity index is 2.39. The number of hydrogen-bond acceptors (Lipinski definition) is 4. The number of ether oxygens (including phenoxy) is 1. The lowest BCUT2D eigenvalue weighted by atomic mass is 10.1. The van der Waals surface area contributed by atoms with Gasteiger partial charge in [0.25, 0.3) is 5.69 Å². The van der Waals surface area contributed by atoms with Crippen molar-refractivity contribution in [3.8, 4) is 11.5 Å². The van der Waals surface area contributed by atoms with Crippen LogP contribution in [0.15, 0.2) is 36.4 Å². The average Bonchev–Trinajstić information content (AvgIpc) is 2.42. The quantitative estimate of drug-likeness (QED) is 0.484. The van der Waals surface area contributed by atoms with Gasteiger partial charge in [-0.1, -0.05) is 0 Å². The highest BCUT2D eigenvalue weighted by atomic mass is 19.1. The van der Waals surface area contributed by atoms with E-state index in [1.165, 1.54) is 37.3 Å². The third-order valence-electron chi connectivity index (χ3n) is 2.91. The highest BCUT2D eigenvalue weighted by Gasteiger charge is 2.14. The molecule has 0 saturated heterocycles. The van der Waals surface area contributed by atoms with E-state index >= 15 is 0 Å². The van der Waals surface area contributed by atoms with Gasteiger partial charge in [-0.25, -0.2) is 4.39 Å². The maximum absolute atomic E-state index is 13.2. The smallest absolute Gasteiger partial charge is 0.269 e. The number of aryl methyl sites for hydroxylation is 1. The first-order valence-electron chi connectivity index (χ1n) is 6.12. The first kappa shape index (κ1) is 14.6. The predicted octanol–water partition coefficient (Wildman–Crippen LogP) is 4.04. The fourth-order valence-corrected chi connectivity index (χ4v) is 1.85. The standard InChI is InChI=1S/C15H12FNO4/c1-9-7-12(17(19)20)4-6-14(9)21-15-5-3-11(16)8-13(15)10(2)18/h3-8H,1-2H3. The van der Waals surface area contributed by atoms with Crippen molar-refractivity contribution in [3.05, 3.63) is 63.5 Å². The van der Waals surface area contributed by atoms with Crippen molar-refractivity contribution in [1.29, 1.82) is 0 Å². The van der Waals surface area contributed by atoms with Gasteiger partial charge in [0, 0.05) is 12.1 Å². The lowest BCUT2D eigenvalue weighted by Gasteiger charge is -2.11. The maximum Gasteiger partial charge on any atom is 0.269 e. The molecule has 2 aromatic carbocycles. The lowest BCUT2D eigenvalue weighted by Crippen LogP contribution is -1.99. The Kier molecular flexibility index (Phi) is 3.98. The number of nitro benzene ring substituents is 1.